The van der Waals surface area contributed by atoms with E-state index in [1.54, 1.807) is 12.4 Å². The third-order valence-electron chi connectivity index (χ3n) is 4.58. The van der Waals surface area contributed by atoms with Crippen LogP contribution < -0.4 is 0 Å². The molecule has 0 aliphatic rings. The van der Waals surface area contributed by atoms with Gasteiger partial charge in [-0.15, -0.1) is 5.10 Å². The molecule has 5 aromatic heterocycles. The number of fused-ring (bicyclic) bond motifs is 2. The quantitative estimate of drug-likeness (QED) is 0.512. The van der Waals surface area contributed by atoms with Crippen LogP contribution in [0.15, 0.2) is 55.1 Å². The SMILES string of the molecule is c1cnc2[nH]c(-c3cn(CCCc4c[nH]c5ncccc45)nn3)cc2c1. The number of pyridine rings is 2. The lowest BCUT2D eigenvalue weighted by molar-refractivity contribution is 0.559. The Labute approximate surface area is 149 Å². The lowest BCUT2D eigenvalue weighted by Gasteiger charge is -2.00. The molecule has 0 radical (unpaired) electrons. The summed E-state index contributed by atoms with van der Waals surface area (Å²) in [6.07, 6.45) is 9.55. The summed E-state index contributed by atoms with van der Waals surface area (Å²) < 4.78 is 1.89. The summed E-state index contributed by atoms with van der Waals surface area (Å²) in [6.45, 7) is 0.818. The van der Waals surface area contributed by atoms with Gasteiger partial charge in [-0.3, -0.25) is 4.68 Å². The lowest BCUT2D eigenvalue weighted by atomic mass is 10.1. The average molecular weight is 343 g/mol. The topological polar surface area (TPSA) is 88.1 Å². The van der Waals surface area contributed by atoms with Crippen LogP contribution in [-0.4, -0.2) is 34.9 Å². The van der Waals surface area contributed by atoms with Gasteiger partial charge < -0.3 is 9.97 Å². The number of aromatic amines is 2. The summed E-state index contributed by atoms with van der Waals surface area (Å²) in [5.41, 5.74) is 4.87. The summed E-state index contributed by atoms with van der Waals surface area (Å²) in [4.78, 5) is 15.2. The summed E-state index contributed by atoms with van der Waals surface area (Å²) >= 11 is 0. The van der Waals surface area contributed by atoms with Crippen LogP contribution in [0, 0.1) is 0 Å². The molecule has 0 aliphatic carbocycles. The molecule has 0 saturated carbocycles. The second-order valence-corrected chi connectivity index (χ2v) is 6.31. The fourth-order valence-corrected chi connectivity index (χ4v) is 3.28. The van der Waals surface area contributed by atoms with Gasteiger partial charge in [0.1, 0.15) is 17.0 Å². The second-order valence-electron chi connectivity index (χ2n) is 6.31. The van der Waals surface area contributed by atoms with E-state index in [0.29, 0.717) is 0 Å². The van der Waals surface area contributed by atoms with E-state index in [1.165, 1.54) is 10.9 Å². The van der Waals surface area contributed by atoms with Gasteiger partial charge >= 0.3 is 0 Å². The Kier molecular flexibility index (Phi) is 3.48. The normalized spacial score (nSPS) is 11.5. The number of nitrogens with one attached hydrogen (secondary N) is 2. The van der Waals surface area contributed by atoms with Crippen molar-refractivity contribution in [3.05, 3.63) is 60.7 Å². The molecule has 0 atom stereocenters. The molecule has 0 amide bonds. The number of H-pyrrole nitrogens is 2. The minimum absolute atomic E-state index is 0.818. The first-order valence-electron chi connectivity index (χ1n) is 8.62. The van der Waals surface area contributed by atoms with Gasteiger partial charge in [0.05, 0.1) is 11.9 Å². The van der Waals surface area contributed by atoms with Crippen LogP contribution >= 0.6 is 0 Å². The van der Waals surface area contributed by atoms with E-state index in [1.807, 2.05) is 35.3 Å². The van der Waals surface area contributed by atoms with Crippen LogP contribution in [-0.2, 0) is 13.0 Å². The van der Waals surface area contributed by atoms with Gasteiger partial charge in [-0.25, -0.2) is 9.97 Å². The Morgan fingerprint density at radius 2 is 1.92 bits per heavy atom. The molecule has 26 heavy (non-hydrogen) atoms. The Morgan fingerprint density at radius 1 is 1.04 bits per heavy atom. The smallest absolute Gasteiger partial charge is 0.137 e. The molecule has 7 nitrogen and oxygen atoms in total. The summed E-state index contributed by atoms with van der Waals surface area (Å²) in [5.74, 6) is 0. The van der Waals surface area contributed by atoms with Crippen molar-refractivity contribution in [3.63, 3.8) is 0 Å². The Bertz CT molecular complexity index is 1150. The van der Waals surface area contributed by atoms with Crippen molar-refractivity contribution in [2.45, 2.75) is 19.4 Å². The molecule has 0 aliphatic heterocycles. The summed E-state index contributed by atoms with van der Waals surface area (Å²) in [5, 5.41) is 10.8. The lowest BCUT2D eigenvalue weighted by Crippen LogP contribution is -2.00. The zero-order valence-electron chi connectivity index (χ0n) is 14.1. The van der Waals surface area contributed by atoms with E-state index in [0.717, 1.165) is 47.5 Å². The number of hydrogen-bond acceptors (Lipinski definition) is 4. The van der Waals surface area contributed by atoms with Gasteiger partial charge in [0.25, 0.3) is 0 Å². The maximum Gasteiger partial charge on any atom is 0.137 e. The van der Waals surface area contributed by atoms with Crippen LogP contribution in [0.2, 0.25) is 0 Å². The first kappa shape index (κ1) is 14.8. The third-order valence-corrected chi connectivity index (χ3v) is 4.58. The maximum absolute atomic E-state index is 4.33. The van der Waals surface area contributed by atoms with Crippen LogP contribution in [0.5, 0.6) is 0 Å². The van der Waals surface area contributed by atoms with Crippen molar-refractivity contribution in [1.82, 2.24) is 34.9 Å². The Morgan fingerprint density at radius 3 is 2.85 bits per heavy atom. The molecule has 128 valence electrons. The van der Waals surface area contributed by atoms with Crippen LogP contribution in [0.3, 0.4) is 0 Å². The van der Waals surface area contributed by atoms with E-state index >= 15 is 0 Å². The molecule has 0 unspecified atom stereocenters. The van der Waals surface area contributed by atoms with E-state index in [4.69, 9.17) is 0 Å². The number of aromatic nitrogens is 7. The third kappa shape index (κ3) is 2.63. The molecule has 0 aromatic carbocycles. The van der Waals surface area contributed by atoms with E-state index in [-0.39, 0.29) is 0 Å². The van der Waals surface area contributed by atoms with Crippen LogP contribution in [0.25, 0.3) is 33.5 Å². The molecular formula is C19H17N7. The highest BCUT2D eigenvalue weighted by atomic mass is 15.4. The molecule has 0 fully saturated rings. The molecule has 0 saturated heterocycles. The largest absolute Gasteiger partial charge is 0.346 e. The predicted octanol–water partition coefficient (Wildman–Crippen LogP) is 3.33. The minimum Gasteiger partial charge on any atom is -0.346 e. The fourth-order valence-electron chi connectivity index (χ4n) is 3.28. The van der Waals surface area contributed by atoms with Crippen molar-refractivity contribution >= 4 is 22.1 Å². The first-order valence-corrected chi connectivity index (χ1v) is 8.62. The summed E-state index contributed by atoms with van der Waals surface area (Å²) in [7, 11) is 0. The number of nitrogens with zero attached hydrogens (tertiary/aromatic N) is 5. The van der Waals surface area contributed by atoms with Crippen molar-refractivity contribution < 1.29 is 0 Å². The highest BCUT2D eigenvalue weighted by Gasteiger charge is 2.09. The first-order chi connectivity index (χ1) is 12.9. The standard InChI is InChI=1S/C19H17N7/c1-4-13-10-16(23-18(13)20-7-1)17-12-26(25-24-17)9-3-5-14-11-22-19-15(14)6-2-8-21-19/h1-2,4,6-8,10-12H,3,5,9H2,(H,20,23)(H,21,22). The molecule has 5 heterocycles. The zero-order valence-corrected chi connectivity index (χ0v) is 14.1. The van der Waals surface area contributed by atoms with E-state index in [2.05, 4.69) is 42.4 Å². The van der Waals surface area contributed by atoms with Crippen LogP contribution in [0.4, 0.5) is 0 Å². The van der Waals surface area contributed by atoms with Gasteiger partial charge in [-0.05, 0) is 48.7 Å². The highest BCUT2D eigenvalue weighted by Crippen LogP contribution is 2.21. The van der Waals surface area contributed by atoms with Crippen molar-refractivity contribution in [1.29, 1.82) is 0 Å². The second kappa shape index (κ2) is 6.11. The van der Waals surface area contributed by atoms with Gasteiger partial charge in [0.15, 0.2) is 0 Å². The molecule has 2 N–H and O–H groups in total. The van der Waals surface area contributed by atoms with Crippen molar-refractivity contribution in [2.75, 3.05) is 0 Å². The molecule has 5 aromatic rings. The van der Waals surface area contributed by atoms with Crippen LogP contribution in [0.1, 0.15) is 12.0 Å². The molecule has 7 heteroatoms. The minimum atomic E-state index is 0.818. The fraction of sp³-hybridized carbons (Fsp3) is 0.158. The molecule has 0 spiro atoms. The monoisotopic (exact) mass is 343 g/mol. The average Bonchev–Trinajstić information content (AvgIpc) is 3.40. The summed E-state index contributed by atoms with van der Waals surface area (Å²) in [6, 6.07) is 10.1. The van der Waals surface area contributed by atoms with E-state index in [9.17, 15) is 0 Å². The molecule has 0 bridgehead atoms. The van der Waals surface area contributed by atoms with Crippen molar-refractivity contribution in [2.24, 2.45) is 0 Å². The van der Waals surface area contributed by atoms with Gasteiger partial charge in [-0.1, -0.05) is 5.21 Å². The van der Waals surface area contributed by atoms with Crippen molar-refractivity contribution in [3.8, 4) is 11.4 Å². The number of rotatable bonds is 5. The Hall–Kier alpha value is -3.48. The van der Waals surface area contributed by atoms with Gasteiger partial charge in [0, 0.05) is 35.9 Å². The predicted molar refractivity (Wildman–Crippen MR) is 99.5 cm³/mol. The highest BCUT2D eigenvalue weighted by molar-refractivity contribution is 5.81. The molecular weight excluding hydrogens is 326 g/mol. The van der Waals surface area contributed by atoms with E-state index < -0.39 is 0 Å². The zero-order chi connectivity index (χ0) is 17.3. The number of aryl methyl sites for hydroxylation is 2. The number of hydrogen-bond donors (Lipinski definition) is 2. The van der Waals surface area contributed by atoms with Gasteiger partial charge in [-0.2, -0.15) is 0 Å². The Balaban J connectivity index is 1.28. The maximum atomic E-state index is 4.33. The van der Waals surface area contributed by atoms with Gasteiger partial charge in [0.2, 0.25) is 0 Å². The molecule has 5 rings (SSSR count).